The number of nitrogens with zero attached hydrogens (tertiary/aromatic N) is 3. The number of amides is 4. The summed E-state index contributed by atoms with van der Waals surface area (Å²) in [5.74, 6) is 0.394. The maximum absolute atomic E-state index is 13.0. The fourth-order valence-corrected chi connectivity index (χ4v) is 4.86. The predicted molar refractivity (Wildman–Crippen MR) is 114 cm³/mol. The second-order valence-electron chi connectivity index (χ2n) is 8.32. The molecule has 2 fully saturated rings. The van der Waals surface area contributed by atoms with Gasteiger partial charge in [0, 0.05) is 18.7 Å². The first-order valence-corrected chi connectivity index (χ1v) is 10.8. The van der Waals surface area contributed by atoms with Gasteiger partial charge in [-0.05, 0) is 43.9 Å². The molecule has 1 aromatic carbocycles. The molecule has 2 atom stereocenters. The second-order valence-corrected chi connectivity index (χ2v) is 8.32. The van der Waals surface area contributed by atoms with Crippen LogP contribution in [-0.2, 0) is 22.6 Å². The molecule has 4 amide bonds. The summed E-state index contributed by atoms with van der Waals surface area (Å²) in [7, 11) is 0. The molecule has 8 heteroatoms. The molecule has 2 N–H and O–H groups in total. The van der Waals surface area contributed by atoms with E-state index in [1.807, 2.05) is 25.1 Å². The van der Waals surface area contributed by atoms with Crippen LogP contribution in [-0.4, -0.2) is 44.4 Å². The van der Waals surface area contributed by atoms with Crippen molar-refractivity contribution >= 4 is 34.6 Å². The van der Waals surface area contributed by atoms with Crippen LogP contribution in [0.2, 0.25) is 0 Å². The second kappa shape index (κ2) is 7.74. The van der Waals surface area contributed by atoms with Crippen molar-refractivity contribution in [3.63, 3.8) is 0 Å². The van der Waals surface area contributed by atoms with Crippen molar-refractivity contribution in [1.82, 2.24) is 19.8 Å². The molecule has 2 heterocycles. The molecule has 0 bridgehead atoms. The Balaban J connectivity index is 1.48. The number of carbonyl (C=O) groups excluding carboxylic acids is 3. The number of rotatable bonds is 5. The molecular weight excluding hydrogens is 382 g/mol. The van der Waals surface area contributed by atoms with Gasteiger partial charge in [0.2, 0.25) is 5.91 Å². The minimum atomic E-state index is -0.849. The molecule has 30 heavy (non-hydrogen) atoms. The number of imidazole rings is 1. The van der Waals surface area contributed by atoms with Crippen LogP contribution >= 0.6 is 0 Å². The molecule has 0 unspecified atom stereocenters. The lowest BCUT2D eigenvalue weighted by molar-refractivity contribution is -0.136. The third-order valence-corrected chi connectivity index (χ3v) is 6.55. The van der Waals surface area contributed by atoms with Crippen molar-refractivity contribution in [3.8, 4) is 0 Å². The summed E-state index contributed by atoms with van der Waals surface area (Å²) in [6.07, 6.45) is 4.32. The van der Waals surface area contributed by atoms with E-state index in [0.717, 1.165) is 54.0 Å². The molecule has 1 aliphatic heterocycles. The van der Waals surface area contributed by atoms with Gasteiger partial charge in [-0.2, -0.15) is 0 Å². The smallest absolute Gasteiger partial charge is 0.325 e. The van der Waals surface area contributed by atoms with Crippen LogP contribution in [0.15, 0.2) is 18.2 Å². The fourth-order valence-electron chi connectivity index (χ4n) is 4.86. The lowest BCUT2D eigenvalue weighted by atomic mass is 9.73. The first-order chi connectivity index (χ1) is 14.4. The molecule has 8 nitrogen and oxygen atoms in total. The summed E-state index contributed by atoms with van der Waals surface area (Å²) >= 11 is 0. The number of aromatic nitrogens is 2. The van der Waals surface area contributed by atoms with Gasteiger partial charge in [-0.15, -0.1) is 0 Å². The number of benzene rings is 1. The molecule has 1 aliphatic carbocycles. The third-order valence-electron chi connectivity index (χ3n) is 6.55. The summed E-state index contributed by atoms with van der Waals surface area (Å²) < 4.78 is 2.15. The molecule has 1 saturated carbocycles. The molecule has 4 rings (SSSR count). The van der Waals surface area contributed by atoms with E-state index in [1.165, 1.54) is 0 Å². The van der Waals surface area contributed by atoms with Crippen LogP contribution in [0.3, 0.4) is 0 Å². The predicted octanol–water partition coefficient (Wildman–Crippen LogP) is 3.06. The van der Waals surface area contributed by atoms with E-state index in [4.69, 9.17) is 0 Å². The Morgan fingerprint density at radius 3 is 2.80 bits per heavy atom. The van der Waals surface area contributed by atoms with E-state index in [1.54, 1.807) is 0 Å². The Labute approximate surface area is 176 Å². The maximum atomic E-state index is 13.0. The molecule has 1 spiro atoms. The molecular formula is C22H29N5O3. The Morgan fingerprint density at radius 1 is 1.30 bits per heavy atom. The molecule has 2 aliphatic rings. The Morgan fingerprint density at radius 2 is 2.10 bits per heavy atom. The van der Waals surface area contributed by atoms with Crippen LogP contribution < -0.4 is 10.6 Å². The van der Waals surface area contributed by atoms with E-state index >= 15 is 0 Å². The number of hydrogen-bond acceptors (Lipinski definition) is 4. The zero-order valence-corrected chi connectivity index (χ0v) is 17.8. The lowest BCUT2D eigenvalue weighted by Crippen LogP contribution is -2.54. The number of fused-ring (bicyclic) bond motifs is 1. The number of urea groups is 1. The first-order valence-electron chi connectivity index (χ1n) is 10.8. The van der Waals surface area contributed by atoms with Crippen LogP contribution in [0.4, 0.5) is 10.5 Å². The van der Waals surface area contributed by atoms with Gasteiger partial charge in [-0.25, -0.2) is 9.78 Å². The van der Waals surface area contributed by atoms with Gasteiger partial charge in [-0.1, -0.05) is 26.7 Å². The maximum Gasteiger partial charge on any atom is 0.325 e. The highest BCUT2D eigenvalue weighted by molar-refractivity contribution is 6.10. The van der Waals surface area contributed by atoms with Crippen molar-refractivity contribution < 1.29 is 14.4 Å². The highest BCUT2D eigenvalue weighted by atomic mass is 16.2. The summed E-state index contributed by atoms with van der Waals surface area (Å²) in [6.45, 7) is 6.68. The Bertz CT molecular complexity index is 1010. The average Bonchev–Trinajstić information content (AvgIpc) is 3.20. The number of hydrogen-bond donors (Lipinski definition) is 2. The number of carbonyl (C=O) groups is 3. The van der Waals surface area contributed by atoms with Crippen LogP contribution in [0.25, 0.3) is 11.0 Å². The summed E-state index contributed by atoms with van der Waals surface area (Å²) in [5, 5.41) is 5.69. The van der Waals surface area contributed by atoms with E-state index in [-0.39, 0.29) is 18.4 Å². The van der Waals surface area contributed by atoms with Gasteiger partial charge in [0.25, 0.3) is 5.91 Å². The summed E-state index contributed by atoms with van der Waals surface area (Å²) in [5.41, 5.74) is 1.59. The van der Waals surface area contributed by atoms with E-state index in [9.17, 15) is 14.4 Å². The van der Waals surface area contributed by atoms with Crippen molar-refractivity contribution in [3.05, 3.63) is 24.0 Å². The van der Waals surface area contributed by atoms with Crippen molar-refractivity contribution in [2.24, 2.45) is 5.92 Å². The van der Waals surface area contributed by atoms with Crippen molar-refractivity contribution in [1.29, 1.82) is 0 Å². The Hall–Kier alpha value is -2.90. The molecule has 1 saturated heterocycles. The average molecular weight is 412 g/mol. The molecule has 160 valence electrons. The van der Waals surface area contributed by atoms with Crippen LogP contribution in [0.1, 0.15) is 52.3 Å². The zero-order chi connectivity index (χ0) is 21.5. The van der Waals surface area contributed by atoms with Crippen LogP contribution in [0.5, 0.6) is 0 Å². The van der Waals surface area contributed by atoms with Gasteiger partial charge in [0.05, 0.1) is 11.0 Å². The van der Waals surface area contributed by atoms with Crippen molar-refractivity contribution in [2.45, 2.75) is 65.0 Å². The van der Waals surface area contributed by atoms with Crippen molar-refractivity contribution in [2.75, 3.05) is 11.9 Å². The number of aryl methyl sites for hydroxylation is 2. The molecule has 2 aromatic rings. The number of imide groups is 1. The van der Waals surface area contributed by atoms with E-state index in [2.05, 4.69) is 34.0 Å². The Kier molecular flexibility index (Phi) is 5.26. The molecule has 0 radical (unpaired) electrons. The summed E-state index contributed by atoms with van der Waals surface area (Å²) in [4.78, 5) is 43.8. The topological polar surface area (TPSA) is 96.3 Å². The van der Waals surface area contributed by atoms with Gasteiger partial charge >= 0.3 is 6.03 Å². The highest BCUT2D eigenvalue weighted by Gasteiger charge is 2.55. The lowest BCUT2D eigenvalue weighted by Gasteiger charge is -2.36. The SMILES string of the molecule is CCc1nc2cc(NC(=O)CN3C(=O)N[C@@]4(CCCC[C@H]4C)C3=O)ccc2n1CC. The van der Waals surface area contributed by atoms with Gasteiger partial charge in [0.1, 0.15) is 17.9 Å². The van der Waals surface area contributed by atoms with E-state index < -0.39 is 17.5 Å². The van der Waals surface area contributed by atoms with Gasteiger partial charge in [0.15, 0.2) is 0 Å². The summed E-state index contributed by atoms with van der Waals surface area (Å²) in [6, 6.07) is 5.11. The minimum Gasteiger partial charge on any atom is -0.328 e. The van der Waals surface area contributed by atoms with Gasteiger partial charge in [-0.3, -0.25) is 14.5 Å². The van der Waals surface area contributed by atoms with E-state index in [0.29, 0.717) is 12.1 Å². The highest BCUT2D eigenvalue weighted by Crippen LogP contribution is 2.38. The number of nitrogens with one attached hydrogen (secondary N) is 2. The zero-order valence-electron chi connectivity index (χ0n) is 17.8. The van der Waals surface area contributed by atoms with Gasteiger partial charge < -0.3 is 15.2 Å². The fraction of sp³-hybridized carbons (Fsp3) is 0.545. The normalized spacial score (nSPS) is 24.0. The molecule has 1 aromatic heterocycles. The monoisotopic (exact) mass is 411 g/mol. The standard InChI is InChI=1S/C22H29N5O3/c1-4-18-24-16-12-15(9-10-17(16)26(18)5-2)23-19(28)13-27-20(29)22(25-21(27)30)11-7-6-8-14(22)3/h9-10,12,14H,4-8,11,13H2,1-3H3,(H,23,28)(H,25,30)/t14-,22-/m1/s1. The first kappa shape index (κ1) is 20.4. The number of anilines is 1. The largest absolute Gasteiger partial charge is 0.328 e. The third kappa shape index (κ3) is 3.24. The quantitative estimate of drug-likeness (QED) is 0.739. The minimum absolute atomic E-state index is 0.0691. The van der Waals surface area contributed by atoms with Crippen LogP contribution in [0, 0.1) is 5.92 Å².